The van der Waals surface area contributed by atoms with Gasteiger partial charge in [0.15, 0.2) is 0 Å². The highest BCUT2D eigenvalue weighted by Crippen LogP contribution is 2.31. The van der Waals surface area contributed by atoms with Crippen molar-refractivity contribution in [3.05, 3.63) is 17.0 Å². The molecule has 0 spiro atoms. The first-order valence-corrected chi connectivity index (χ1v) is 7.37. The Hall–Kier alpha value is -1.85. The van der Waals surface area contributed by atoms with Crippen LogP contribution in [0.15, 0.2) is 0 Å². The summed E-state index contributed by atoms with van der Waals surface area (Å²) in [5, 5.41) is 13.7. The van der Waals surface area contributed by atoms with Crippen LogP contribution in [0.1, 0.15) is 48.4 Å². The predicted octanol–water partition coefficient (Wildman–Crippen LogP) is 1.85. The molecule has 1 aromatic rings. The van der Waals surface area contributed by atoms with Gasteiger partial charge in [-0.2, -0.15) is 5.10 Å². The summed E-state index contributed by atoms with van der Waals surface area (Å²) in [6, 6.07) is 0. The number of carbonyl (C=O) groups is 2. The van der Waals surface area contributed by atoms with Gasteiger partial charge in [0.1, 0.15) is 0 Å². The molecule has 1 aromatic heterocycles. The van der Waals surface area contributed by atoms with Crippen molar-refractivity contribution in [3.8, 4) is 0 Å². The third-order valence-corrected chi connectivity index (χ3v) is 4.31. The number of hydrogen-bond donors (Lipinski definition) is 1. The van der Waals surface area contributed by atoms with E-state index in [0.29, 0.717) is 18.5 Å². The van der Waals surface area contributed by atoms with Crippen LogP contribution in [0.2, 0.25) is 0 Å². The van der Waals surface area contributed by atoms with Gasteiger partial charge in [-0.25, -0.2) is 0 Å². The van der Waals surface area contributed by atoms with Crippen molar-refractivity contribution in [2.24, 2.45) is 5.41 Å². The summed E-state index contributed by atoms with van der Waals surface area (Å²) in [7, 11) is 0. The minimum absolute atomic E-state index is 0.0997. The Labute approximate surface area is 124 Å². The molecule has 2 heterocycles. The summed E-state index contributed by atoms with van der Waals surface area (Å²) in [5.41, 5.74) is 1.37. The van der Waals surface area contributed by atoms with E-state index in [2.05, 4.69) is 12.0 Å². The van der Waals surface area contributed by atoms with Crippen molar-refractivity contribution in [2.45, 2.75) is 47.1 Å². The third-order valence-electron chi connectivity index (χ3n) is 4.31. The second kappa shape index (κ2) is 5.50. The van der Waals surface area contributed by atoms with E-state index >= 15 is 0 Å². The highest BCUT2D eigenvalue weighted by Gasteiger charge is 2.43. The monoisotopic (exact) mass is 293 g/mol. The molecule has 0 unspecified atom stereocenters. The minimum Gasteiger partial charge on any atom is -0.481 e. The molecule has 2 rings (SSSR count). The molecule has 0 aromatic carbocycles. The summed E-state index contributed by atoms with van der Waals surface area (Å²) in [4.78, 5) is 25.6. The topological polar surface area (TPSA) is 75.4 Å². The molecule has 6 heteroatoms. The van der Waals surface area contributed by atoms with Gasteiger partial charge in [-0.05, 0) is 33.6 Å². The highest BCUT2D eigenvalue weighted by atomic mass is 16.4. The molecule has 1 N–H and O–H groups in total. The van der Waals surface area contributed by atoms with Gasteiger partial charge in [-0.1, -0.05) is 6.92 Å². The van der Waals surface area contributed by atoms with E-state index in [1.54, 1.807) is 11.8 Å². The van der Waals surface area contributed by atoms with Gasteiger partial charge < -0.3 is 10.0 Å². The van der Waals surface area contributed by atoms with Crippen molar-refractivity contribution < 1.29 is 14.7 Å². The van der Waals surface area contributed by atoms with Crippen molar-refractivity contribution >= 4 is 11.9 Å². The van der Waals surface area contributed by atoms with E-state index in [9.17, 15) is 14.7 Å². The fourth-order valence-electron chi connectivity index (χ4n) is 2.90. The molecule has 0 radical (unpaired) electrons. The van der Waals surface area contributed by atoms with Crippen molar-refractivity contribution in [1.29, 1.82) is 0 Å². The Morgan fingerprint density at radius 3 is 2.57 bits per heavy atom. The summed E-state index contributed by atoms with van der Waals surface area (Å²) >= 11 is 0. The van der Waals surface area contributed by atoms with Crippen LogP contribution in [0, 0.1) is 19.3 Å². The van der Waals surface area contributed by atoms with Gasteiger partial charge in [0.25, 0.3) is 5.91 Å². The first-order valence-electron chi connectivity index (χ1n) is 7.37. The Kier molecular flexibility index (Phi) is 4.07. The zero-order valence-electron chi connectivity index (χ0n) is 13.1. The van der Waals surface area contributed by atoms with Crippen molar-refractivity contribution in [2.75, 3.05) is 13.1 Å². The maximum absolute atomic E-state index is 12.7. The molecule has 116 valence electrons. The zero-order chi connectivity index (χ0) is 15.8. The van der Waals surface area contributed by atoms with Crippen LogP contribution in [0.25, 0.3) is 0 Å². The van der Waals surface area contributed by atoms with Gasteiger partial charge in [0.2, 0.25) is 0 Å². The average Bonchev–Trinajstić information content (AvgIpc) is 2.93. The summed E-state index contributed by atoms with van der Waals surface area (Å²) in [6.07, 6.45) is 1.45. The standard InChI is InChI=1S/C15H23N3O3/c1-5-7-18-11(3)12(10(2)16-18)13(19)17-8-6-15(4,9-17)14(20)21/h5-9H2,1-4H3,(H,20,21)/t15-/m1/s1. The first-order chi connectivity index (χ1) is 9.80. The number of carbonyl (C=O) groups excluding carboxylic acids is 1. The molecule has 1 atom stereocenters. The number of rotatable bonds is 4. The second-order valence-electron chi connectivity index (χ2n) is 6.11. The molecule has 1 fully saturated rings. The lowest BCUT2D eigenvalue weighted by atomic mass is 9.90. The third kappa shape index (κ3) is 2.66. The molecule has 6 nitrogen and oxygen atoms in total. The number of nitrogens with zero attached hydrogens (tertiary/aromatic N) is 3. The zero-order valence-corrected chi connectivity index (χ0v) is 13.1. The lowest BCUT2D eigenvalue weighted by molar-refractivity contribution is -0.147. The van der Waals surface area contributed by atoms with Crippen LogP contribution >= 0.6 is 0 Å². The van der Waals surface area contributed by atoms with Crippen LogP contribution < -0.4 is 0 Å². The normalized spacial score (nSPS) is 21.8. The van der Waals surface area contributed by atoms with Gasteiger partial charge in [0.05, 0.1) is 16.7 Å². The highest BCUT2D eigenvalue weighted by molar-refractivity contribution is 5.97. The number of carboxylic acids is 1. The SMILES string of the molecule is CCCn1nc(C)c(C(=O)N2CC[C@@](C)(C(=O)O)C2)c1C. The fourth-order valence-corrected chi connectivity index (χ4v) is 2.90. The molecular formula is C15H23N3O3. The quantitative estimate of drug-likeness (QED) is 0.919. The number of aryl methyl sites for hydroxylation is 2. The van der Waals surface area contributed by atoms with E-state index in [-0.39, 0.29) is 12.5 Å². The largest absolute Gasteiger partial charge is 0.481 e. The molecule has 1 aliphatic heterocycles. The van der Waals surface area contributed by atoms with Crippen LogP contribution in [-0.2, 0) is 11.3 Å². The Morgan fingerprint density at radius 2 is 2.05 bits per heavy atom. The van der Waals surface area contributed by atoms with Crippen LogP contribution in [0.5, 0.6) is 0 Å². The molecule has 21 heavy (non-hydrogen) atoms. The lowest BCUT2D eigenvalue weighted by Gasteiger charge is -2.20. The smallest absolute Gasteiger partial charge is 0.311 e. The number of aromatic nitrogens is 2. The summed E-state index contributed by atoms with van der Waals surface area (Å²) in [5.74, 6) is -0.940. The number of amides is 1. The van der Waals surface area contributed by atoms with Crippen LogP contribution in [-0.4, -0.2) is 44.8 Å². The Balaban J connectivity index is 2.24. The van der Waals surface area contributed by atoms with Gasteiger partial charge in [0, 0.05) is 25.3 Å². The molecule has 1 saturated heterocycles. The molecule has 1 amide bonds. The maximum Gasteiger partial charge on any atom is 0.311 e. The lowest BCUT2D eigenvalue weighted by Crippen LogP contribution is -2.35. The summed E-state index contributed by atoms with van der Waals surface area (Å²) in [6.45, 7) is 9.03. The van der Waals surface area contributed by atoms with Gasteiger partial charge in [-0.15, -0.1) is 0 Å². The molecule has 0 bridgehead atoms. The Morgan fingerprint density at radius 1 is 1.38 bits per heavy atom. The van der Waals surface area contributed by atoms with Crippen molar-refractivity contribution in [1.82, 2.24) is 14.7 Å². The average molecular weight is 293 g/mol. The fraction of sp³-hybridized carbons (Fsp3) is 0.667. The maximum atomic E-state index is 12.7. The number of aliphatic carboxylic acids is 1. The van der Waals surface area contributed by atoms with E-state index in [1.807, 2.05) is 18.5 Å². The van der Waals surface area contributed by atoms with E-state index in [0.717, 1.165) is 24.4 Å². The van der Waals surface area contributed by atoms with E-state index < -0.39 is 11.4 Å². The van der Waals surface area contributed by atoms with E-state index in [4.69, 9.17) is 0 Å². The predicted molar refractivity (Wildman–Crippen MR) is 78.3 cm³/mol. The first kappa shape index (κ1) is 15.5. The van der Waals surface area contributed by atoms with Crippen LogP contribution in [0.4, 0.5) is 0 Å². The second-order valence-corrected chi connectivity index (χ2v) is 6.11. The van der Waals surface area contributed by atoms with Crippen LogP contribution in [0.3, 0.4) is 0 Å². The molecular weight excluding hydrogens is 270 g/mol. The molecule has 0 saturated carbocycles. The molecule has 0 aliphatic carbocycles. The number of likely N-dealkylation sites (tertiary alicyclic amines) is 1. The number of hydrogen-bond acceptors (Lipinski definition) is 3. The minimum atomic E-state index is -0.840. The van der Waals surface area contributed by atoms with Gasteiger partial charge >= 0.3 is 5.97 Å². The molecule has 1 aliphatic rings. The summed E-state index contributed by atoms with van der Waals surface area (Å²) < 4.78 is 1.86. The van der Waals surface area contributed by atoms with Crippen molar-refractivity contribution in [3.63, 3.8) is 0 Å². The number of carboxylic acid groups (broad SMARTS) is 1. The van der Waals surface area contributed by atoms with E-state index in [1.165, 1.54) is 0 Å². The van der Waals surface area contributed by atoms with Gasteiger partial charge in [-0.3, -0.25) is 14.3 Å². The Bertz CT molecular complexity index is 579.